The molecule has 31 heavy (non-hydrogen) atoms. The molecule has 1 aromatic heterocycles. The van der Waals surface area contributed by atoms with Crippen LogP contribution in [0.1, 0.15) is 24.4 Å². The molecule has 1 saturated heterocycles. The van der Waals surface area contributed by atoms with Crippen LogP contribution in [0.25, 0.3) is 10.9 Å². The van der Waals surface area contributed by atoms with Gasteiger partial charge in [0.1, 0.15) is 6.04 Å². The second-order valence-corrected chi connectivity index (χ2v) is 7.78. The molecule has 0 saturated carbocycles. The molecule has 1 aliphatic heterocycles. The van der Waals surface area contributed by atoms with Crippen LogP contribution in [0.15, 0.2) is 64.2 Å². The van der Waals surface area contributed by atoms with Crippen LogP contribution in [-0.2, 0) is 16.0 Å². The number of rotatable bonds is 5. The van der Waals surface area contributed by atoms with E-state index in [4.69, 9.17) is 0 Å². The highest BCUT2D eigenvalue weighted by molar-refractivity contribution is 5.82. The summed E-state index contributed by atoms with van der Waals surface area (Å²) in [7, 11) is 0. The summed E-state index contributed by atoms with van der Waals surface area (Å²) in [5.41, 5.74) is 0.0419. The lowest BCUT2D eigenvalue weighted by Crippen LogP contribution is -2.50. The average Bonchev–Trinajstić information content (AvgIpc) is 2.78. The number of aromatic nitrogens is 2. The molecule has 8 heteroatoms. The van der Waals surface area contributed by atoms with Gasteiger partial charge >= 0.3 is 5.69 Å². The average molecular weight is 420 g/mol. The van der Waals surface area contributed by atoms with E-state index in [0.29, 0.717) is 10.9 Å². The van der Waals surface area contributed by atoms with E-state index in [-0.39, 0.29) is 38.3 Å². The minimum Gasteiger partial charge on any atom is -0.550 e. The molecule has 0 unspecified atom stereocenters. The Morgan fingerprint density at radius 3 is 2.32 bits per heavy atom. The van der Waals surface area contributed by atoms with Gasteiger partial charge in [0.2, 0.25) is 5.91 Å². The van der Waals surface area contributed by atoms with Gasteiger partial charge in [-0.2, -0.15) is 0 Å². The molecule has 3 aromatic rings. The molecule has 4 rings (SSSR count). The molecule has 2 heterocycles. The first-order valence-corrected chi connectivity index (χ1v) is 10.2. The van der Waals surface area contributed by atoms with Crippen LogP contribution in [0.4, 0.5) is 0 Å². The Hall–Kier alpha value is -3.68. The Kier molecular flexibility index (Phi) is 5.70. The molecule has 2 aromatic carbocycles. The van der Waals surface area contributed by atoms with E-state index in [0.717, 1.165) is 10.1 Å². The molecule has 1 fully saturated rings. The zero-order valence-electron chi connectivity index (χ0n) is 16.8. The Morgan fingerprint density at radius 2 is 1.65 bits per heavy atom. The number of amides is 1. The minimum absolute atomic E-state index is 0.168. The Labute approximate surface area is 177 Å². The van der Waals surface area contributed by atoms with E-state index in [1.807, 2.05) is 30.3 Å². The number of fused-ring (bicyclic) bond motifs is 1. The quantitative estimate of drug-likeness (QED) is 0.644. The molecule has 1 N–H and O–H groups in total. The number of benzene rings is 2. The maximum Gasteiger partial charge on any atom is 0.329 e. The van der Waals surface area contributed by atoms with Gasteiger partial charge in [-0.25, -0.2) is 9.36 Å². The highest BCUT2D eigenvalue weighted by Gasteiger charge is 2.32. The Bertz CT molecular complexity index is 1220. The summed E-state index contributed by atoms with van der Waals surface area (Å²) in [5.74, 6) is -2.08. The third kappa shape index (κ3) is 4.14. The maximum absolute atomic E-state index is 13.5. The highest BCUT2D eigenvalue weighted by atomic mass is 16.4. The van der Waals surface area contributed by atoms with Crippen molar-refractivity contribution in [2.45, 2.75) is 25.3 Å². The van der Waals surface area contributed by atoms with Crippen molar-refractivity contribution in [3.63, 3.8) is 0 Å². The second kappa shape index (κ2) is 8.59. The van der Waals surface area contributed by atoms with Crippen molar-refractivity contribution in [1.82, 2.24) is 14.5 Å². The third-order valence-corrected chi connectivity index (χ3v) is 5.85. The van der Waals surface area contributed by atoms with Gasteiger partial charge in [-0.3, -0.25) is 9.59 Å². The molecule has 8 nitrogen and oxygen atoms in total. The maximum atomic E-state index is 13.5. The monoisotopic (exact) mass is 420 g/mol. The number of carboxylic acids is 1. The summed E-state index contributed by atoms with van der Waals surface area (Å²) in [6, 6.07) is 14.8. The first-order chi connectivity index (χ1) is 15.0. The minimum atomic E-state index is -1.12. The van der Waals surface area contributed by atoms with Gasteiger partial charge in [-0.1, -0.05) is 42.5 Å². The summed E-state index contributed by atoms with van der Waals surface area (Å²) in [4.78, 5) is 54.9. The Balaban J connectivity index is 1.75. The van der Waals surface area contributed by atoms with Crippen molar-refractivity contribution < 1.29 is 14.7 Å². The standard InChI is InChI=1S/C23H23N3O5/c27-20-17-8-4-5-9-18(17)24-23(31)26(20)19(14-15-6-2-1-3-7-15)21(28)25-12-10-16(11-13-25)22(29)30/h1-9,16,19H,10-14H2,(H,24,31)(H,29,30)/p-1/t19-/m0/s1. The van der Waals surface area contributed by atoms with Crippen LogP contribution in [0.5, 0.6) is 0 Å². The zero-order chi connectivity index (χ0) is 22.0. The number of aliphatic carboxylic acids is 1. The Morgan fingerprint density at radius 1 is 1.00 bits per heavy atom. The fraction of sp³-hybridized carbons (Fsp3) is 0.304. The first-order valence-electron chi connectivity index (χ1n) is 10.2. The lowest BCUT2D eigenvalue weighted by molar-refractivity contribution is -0.312. The van der Waals surface area contributed by atoms with E-state index in [1.165, 1.54) is 4.90 Å². The van der Waals surface area contributed by atoms with Crippen molar-refractivity contribution in [2.24, 2.45) is 5.92 Å². The molecule has 0 bridgehead atoms. The van der Waals surface area contributed by atoms with E-state index >= 15 is 0 Å². The second-order valence-electron chi connectivity index (χ2n) is 7.78. The topological polar surface area (TPSA) is 115 Å². The smallest absolute Gasteiger partial charge is 0.329 e. The van der Waals surface area contributed by atoms with E-state index < -0.39 is 29.2 Å². The molecule has 0 radical (unpaired) electrons. The summed E-state index contributed by atoms with van der Waals surface area (Å²) < 4.78 is 0.989. The summed E-state index contributed by atoms with van der Waals surface area (Å²) in [6.45, 7) is 0.478. The number of aromatic amines is 1. The number of nitrogens with zero attached hydrogens (tertiary/aromatic N) is 2. The predicted molar refractivity (Wildman–Crippen MR) is 112 cm³/mol. The van der Waals surface area contributed by atoms with Gasteiger partial charge < -0.3 is 19.8 Å². The number of hydrogen-bond acceptors (Lipinski definition) is 5. The van der Waals surface area contributed by atoms with E-state index in [9.17, 15) is 24.3 Å². The fourth-order valence-electron chi connectivity index (χ4n) is 4.13. The summed E-state index contributed by atoms with van der Waals surface area (Å²) in [5, 5.41) is 11.5. The van der Waals surface area contributed by atoms with Gasteiger partial charge in [0.15, 0.2) is 0 Å². The number of carbonyl (C=O) groups is 2. The molecule has 1 atom stereocenters. The van der Waals surface area contributed by atoms with Crippen LogP contribution in [0.3, 0.4) is 0 Å². The fourth-order valence-corrected chi connectivity index (χ4v) is 4.13. The van der Waals surface area contributed by atoms with Crippen LogP contribution >= 0.6 is 0 Å². The molecular formula is C23H22N3O5-. The lowest BCUT2D eigenvalue weighted by atomic mass is 9.96. The SMILES string of the molecule is O=C([O-])C1CCN(C(=O)[C@H](Cc2ccccc2)n2c(=O)[nH]c3ccccc3c2=O)CC1. The number of H-pyrrole nitrogens is 1. The van der Waals surface area contributed by atoms with Crippen molar-refractivity contribution in [3.8, 4) is 0 Å². The van der Waals surface area contributed by atoms with Crippen LogP contribution in [-0.4, -0.2) is 39.4 Å². The van der Waals surface area contributed by atoms with Gasteiger partial charge in [-0.05, 0) is 30.5 Å². The number of carbonyl (C=O) groups excluding carboxylic acids is 2. The van der Waals surface area contributed by atoms with E-state index in [2.05, 4.69) is 4.98 Å². The number of nitrogens with one attached hydrogen (secondary N) is 1. The van der Waals surface area contributed by atoms with Crippen molar-refractivity contribution >= 4 is 22.8 Å². The van der Waals surface area contributed by atoms with Crippen LogP contribution in [0.2, 0.25) is 0 Å². The van der Waals surface area contributed by atoms with Crippen LogP contribution in [0, 0.1) is 5.92 Å². The normalized spacial score (nSPS) is 15.7. The molecular weight excluding hydrogens is 398 g/mol. The van der Waals surface area contributed by atoms with Gasteiger partial charge in [0, 0.05) is 31.4 Å². The van der Waals surface area contributed by atoms with Gasteiger partial charge in [0.05, 0.1) is 10.9 Å². The number of carboxylic acid groups (broad SMARTS) is 1. The largest absolute Gasteiger partial charge is 0.550 e. The number of para-hydroxylation sites is 1. The number of piperidine rings is 1. The molecule has 1 aliphatic rings. The third-order valence-electron chi connectivity index (χ3n) is 5.85. The van der Waals surface area contributed by atoms with Gasteiger partial charge in [0.25, 0.3) is 5.56 Å². The molecule has 0 aliphatic carbocycles. The van der Waals surface area contributed by atoms with Crippen molar-refractivity contribution in [1.29, 1.82) is 0 Å². The molecule has 160 valence electrons. The highest BCUT2D eigenvalue weighted by Crippen LogP contribution is 2.22. The van der Waals surface area contributed by atoms with Crippen molar-refractivity contribution in [2.75, 3.05) is 13.1 Å². The lowest BCUT2D eigenvalue weighted by Gasteiger charge is -2.34. The van der Waals surface area contributed by atoms with Gasteiger partial charge in [-0.15, -0.1) is 0 Å². The molecule has 1 amide bonds. The predicted octanol–water partition coefficient (Wildman–Crippen LogP) is 0.462. The van der Waals surface area contributed by atoms with Crippen molar-refractivity contribution in [3.05, 3.63) is 81.0 Å². The van der Waals surface area contributed by atoms with E-state index in [1.54, 1.807) is 24.3 Å². The zero-order valence-corrected chi connectivity index (χ0v) is 16.8. The number of hydrogen-bond donors (Lipinski definition) is 1. The first kappa shape index (κ1) is 20.6. The van der Waals surface area contributed by atoms with Crippen LogP contribution < -0.4 is 16.4 Å². The molecule has 0 spiro atoms. The summed E-state index contributed by atoms with van der Waals surface area (Å²) >= 11 is 0. The summed E-state index contributed by atoms with van der Waals surface area (Å²) in [6.07, 6.45) is 0.742. The number of likely N-dealkylation sites (tertiary alicyclic amines) is 1.